The zero-order chi connectivity index (χ0) is 26.7. The van der Waals surface area contributed by atoms with Crippen molar-refractivity contribution in [2.24, 2.45) is 0 Å². The molecule has 194 valence electrons. The fourth-order valence-corrected chi connectivity index (χ4v) is 5.53. The molecule has 0 spiro atoms. The van der Waals surface area contributed by atoms with Crippen LogP contribution >= 0.6 is 0 Å². The van der Waals surface area contributed by atoms with Gasteiger partial charge in [-0.1, -0.05) is 65.8 Å². The zero-order valence-electron chi connectivity index (χ0n) is 23.8. The molecule has 0 saturated heterocycles. The quantitative estimate of drug-likeness (QED) is 0.265. The van der Waals surface area contributed by atoms with Crippen LogP contribution in [0.5, 0.6) is 5.75 Å². The minimum Gasteiger partial charge on any atom is -0.489 e. The summed E-state index contributed by atoms with van der Waals surface area (Å²) in [6, 6.07) is 13.9. The fourth-order valence-electron chi connectivity index (χ4n) is 3.63. The molecule has 0 aliphatic rings. The average Bonchev–Trinajstić information content (AvgIpc) is 2.74. The Morgan fingerprint density at radius 1 is 0.743 bits per heavy atom. The van der Waals surface area contributed by atoms with Crippen molar-refractivity contribution >= 4 is 25.3 Å². The van der Waals surface area contributed by atoms with E-state index in [1.807, 2.05) is 30.3 Å². The molecular weight excluding hydrogens is 468 g/mol. The lowest BCUT2D eigenvalue weighted by atomic mass is 9.85. The topological polar surface area (TPSA) is 44.8 Å². The highest BCUT2D eigenvalue weighted by atomic mass is 28.2. The monoisotopic (exact) mass is 514 g/mol. The molecule has 0 heterocycles. The summed E-state index contributed by atoms with van der Waals surface area (Å²) < 4.78 is 19.4. The molecule has 0 atom stereocenters. The van der Waals surface area contributed by atoms with Crippen LogP contribution in [-0.2, 0) is 26.7 Å². The van der Waals surface area contributed by atoms with Gasteiger partial charge in [0, 0.05) is 5.56 Å². The standard InChI is InChI=1S/C29H46O4Si2/c1-20(30)22-14-12-13-21(17-22)19-31-23-15-16-24(28(8,9)32-34-26(2,3)4)25(18-23)29(10,11)33-35-27(5,6)7/h12-18H,19,34-35H2,1-11H3. The minimum absolute atomic E-state index is 0.0569. The van der Waals surface area contributed by atoms with Gasteiger partial charge in [0.1, 0.15) is 12.4 Å². The van der Waals surface area contributed by atoms with Crippen LogP contribution < -0.4 is 4.74 Å². The van der Waals surface area contributed by atoms with Crippen molar-refractivity contribution in [2.75, 3.05) is 0 Å². The highest BCUT2D eigenvalue weighted by Gasteiger charge is 2.34. The van der Waals surface area contributed by atoms with Crippen molar-refractivity contribution in [2.45, 2.75) is 104 Å². The number of carbonyl (C=O) groups is 1. The Morgan fingerprint density at radius 2 is 1.29 bits per heavy atom. The summed E-state index contributed by atoms with van der Waals surface area (Å²) in [6.45, 7) is 24.1. The Hall–Kier alpha value is -1.74. The van der Waals surface area contributed by atoms with Crippen molar-refractivity contribution in [3.05, 3.63) is 64.7 Å². The predicted octanol–water partition coefficient (Wildman–Crippen LogP) is 6.58. The largest absolute Gasteiger partial charge is 0.489 e. The fraction of sp³-hybridized carbons (Fsp3) is 0.552. The molecule has 0 saturated carbocycles. The third-order valence-electron chi connectivity index (χ3n) is 5.76. The molecule has 4 nitrogen and oxygen atoms in total. The molecule has 2 aromatic rings. The van der Waals surface area contributed by atoms with Crippen LogP contribution in [0.4, 0.5) is 0 Å². The van der Waals surface area contributed by atoms with Crippen LogP contribution in [0.15, 0.2) is 42.5 Å². The van der Waals surface area contributed by atoms with E-state index in [0.717, 1.165) is 22.4 Å². The van der Waals surface area contributed by atoms with Gasteiger partial charge in [-0.3, -0.25) is 4.79 Å². The molecule has 0 aliphatic heterocycles. The Morgan fingerprint density at radius 3 is 1.80 bits per heavy atom. The Labute approximate surface area is 218 Å². The van der Waals surface area contributed by atoms with E-state index in [0.29, 0.717) is 12.2 Å². The first-order valence-electron chi connectivity index (χ1n) is 12.6. The van der Waals surface area contributed by atoms with Crippen LogP contribution in [0.25, 0.3) is 0 Å². The second kappa shape index (κ2) is 11.1. The summed E-state index contributed by atoms with van der Waals surface area (Å²) >= 11 is 0. The minimum atomic E-state index is -0.775. The molecule has 0 unspecified atom stereocenters. The third kappa shape index (κ3) is 9.33. The van der Waals surface area contributed by atoms with E-state index in [9.17, 15) is 4.79 Å². The van der Waals surface area contributed by atoms with Gasteiger partial charge >= 0.3 is 0 Å². The zero-order valence-corrected chi connectivity index (χ0v) is 26.6. The van der Waals surface area contributed by atoms with E-state index in [4.69, 9.17) is 13.6 Å². The average molecular weight is 515 g/mol. The first-order chi connectivity index (χ1) is 15.9. The maximum atomic E-state index is 11.7. The number of ketones is 1. The molecular formula is C29H46O4Si2. The molecule has 0 radical (unpaired) electrons. The number of hydrogen-bond acceptors (Lipinski definition) is 4. The predicted molar refractivity (Wildman–Crippen MR) is 152 cm³/mol. The number of rotatable bonds is 10. The van der Waals surface area contributed by atoms with Gasteiger partial charge in [0.2, 0.25) is 0 Å². The molecule has 6 heteroatoms. The molecule has 0 N–H and O–H groups in total. The van der Waals surface area contributed by atoms with Gasteiger partial charge in [-0.05, 0) is 79.6 Å². The number of carbonyl (C=O) groups excluding carboxylic acids is 1. The van der Waals surface area contributed by atoms with Gasteiger partial charge in [0.05, 0.1) is 11.2 Å². The van der Waals surface area contributed by atoms with Crippen molar-refractivity contribution in [3.63, 3.8) is 0 Å². The molecule has 35 heavy (non-hydrogen) atoms. The van der Waals surface area contributed by atoms with Gasteiger partial charge in [-0.25, -0.2) is 0 Å². The van der Waals surface area contributed by atoms with Gasteiger partial charge in [0.25, 0.3) is 0 Å². The van der Waals surface area contributed by atoms with Crippen molar-refractivity contribution in [1.82, 2.24) is 0 Å². The molecule has 0 bridgehead atoms. The summed E-state index contributed by atoms with van der Waals surface area (Å²) in [6.07, 6.45) is 0. The summed E-state index contributed by atoms with van der Waals surface area (Å²) in [5.74, 6) is 0.844. The van der Waals surface area contributed by atoms with E-state index >= 15 is 0 Å². The summed E-state index contributed by atoms with van der Waals surface area (Å²) in [4.78, 5) is 11.7. The van der Waals surface area contributed by atoms with Crippen LogP contribution in [-0.4, -0.2) is 25.3 Å². The van der Waals surface area contributed by atoms with Gasteiger partial charge in [-0.2, -0.15) is 0 Å². The van der Waals surface area contributed by atoms with E-state index in [-0.39, 0.29) is 15.9 Å². The Kier molecular flexibility index (Phi) is 9.37. The highest BCUT2D eigenvalue weighted by Crippen LogP contribution is 2.40. The van der Waals surface area contributed by atoms with E-state index in [1.165, 1.54) is 0 Å². The molecule has 0 fully saturated rings. The first-order valence-corrected chi connectivity index (χ1v) is 15.1. The van der Waals surface area contributed by atoms with Gasteiger partial charge in [-0.15, -0.1) is 0 Å². The second-order valence-corrected chi connectivity index (χ2v) is 18.4. The van der Waals surface area contributed by atoms with Crippen LogP contribution in [0.1, 0.15) is 103 Å². The Balaban J connectivity index is 2.40. The van der Waals surface area contributed by atoms with Crippen LogP contribution in [0.2, 0.25) is 10.1 Å². The lowest BCUT2D eigenvalue weighted by Crippen LogP contribution is -2.34. The molecule has 2 rings (SSSR count). The number of benzene rings is 2. The Bertz CT molecular complexity index is 1010. The molecule has 0 aliphatic carbocycles. The maximum Gasteiger partial charge on any atom is 0.168 e. The summed E-state index contributed by atoms with van der Waals surface area (Å²) in [5, 5.41) is 0.401. The summed E-state index contributed by atoms with van der Waals surface area (Å²) in [7, 11) is -1.52. The second-order valence-electron chi connectivity index (χ2n) is 13.0. The lowest BCUT2D eigenvalue weighted by molar-refractivity contribution is 0.0826. The highest BCUT2D eigenvalue weighted by molar-refractivity contribution is 6.32. The number of ether oxygens (including phenoxy) is 1. The van der Waals surface area contributed by atoms with Crippen molar-refractivity contribution in [1.29, 1.82) is 0 Å². The first kappa shape index (κ1) is 29.5. The van der Waals surface area contributed by atoms with Crippen molar-refractivity contribution < 1.29 is 18.4 Å². The van der Waals surface area contributed by atoms with E-state index in [1.54, 1.807) is 6.92 Å². The van der Waals surface area contributed by atoms with Crippen LogP contribution in [0.3, 0.4) is 0 Å². The van der Waals surface area contributed by atoms with Gasteiger partial charge < -0.3 is 13.6 Å². The molecule has 0 aromatic heterocycles. The van der Waals surface area contributed by atoms with E-state index in [2.05, 4.69) is 81.4 Å². The lowest BCUT2D eigenvalue weighted by Gasteiger charge is -2.37. The molecule has 0 amide bonds. The SMILES string of the molecule is CC(=O)c1cccc(COc2ccc(C(C)(C)O[SiH2]C(C)(C)C)c(C(C)(C)O[SiH2]C(C)(C)C)c2)c1. The maximum absolute atomic E-state index is 11.7. The number of hydrogen-bond donors (Lipinski definition) is 0. The number of Topliss-reactive ketones (excluding diaryl/α,β-unsaturated/α-hetero) is 1. The van der Waals surface area contributed by atoms with Crippen LogP contribution in [0, 0.1) is 0 Å². The van der Waals surface area contributed by atoms with Crippen molar-refractivity contribution in [3.8, 4) is 5.75 Å². The third-order valence-corrected chi connectivity index (χ3v) is 9.22. The smallest absolute Gasteiger partial charge is 0.168 e. The summed E-state index contributed by atoms with van der Waals surface area (Å²) in [5.41, 5.74) is 3.04. The van der Waals surface area contributed by atoms with Gasteiger partial charge in [0.15, 0.2) is 25.3 Å². The molecule has 2 aromatic carbocycles. The van der Waals surface area contributed by atoms with E-state index < -0.39 is 30.7 Å². The normalized spacial score (nSPS) is 13.8.